The molecule has 0 bridgehead atoms. The molecule has 0 amide bonds. The van der Waals surface area contributed by atoms with Crippen molar-refractivity contribution >= 4 is 10.8 Å². The van der Waals surface area contributed by atoms with Gasteiger partial charge in [0.05, 0.1) is 0 Å². The van der Waals surface area contributed by atoms with Crippen molar-refractivity contribution in [1.29, 1.82) is 0 Å². The van der Waals surface area contributed by atoms with Crippen LogP contribution in [0.5, 0.6) is 0 Å². The van der Waals surface area contributed by atoms with Crippen molar-refractivity contribution in [3.05, 3.63) is 81.1 Å². The van der Waals surface area contributed by atoms with Crippen molar-refractivity contribution in [2.24, 2.45) is 0 Å². The van der Waals surface area contributed by atoms with Gasteiger partial charge in [-0.3, -0.25) is 0 Å². The van der Waals surface area contributed by atoms with Crippen LogP contribution < -0.4 is 0 Å². The maximum atomic E-state index is 2.20. The van der Waals surface area contributed by atoms with Crippen LogP contribution in [0, 0.1) is 21.8 Å². The van der Waals surface area contributed by atoms with Crippen molar-refractivity contribution < 1.29 is 25.8 Å². The molecule has 0 unspecified atom stereocenters. The average molecular weight is 414 g/mol. The molecular weight excluding hydrogens is 395 g/mol. The Balaban J connectivity index is 0.00000108. The Morgan fingerprint density at radius 2 is 1.47 bits per heavy atom. The van der Waals surface area contributed by atoms with E-state index in [9.17, 15) is 0 Å². The Hall–Kier alpha value is -1.08. The zero-order chi connectivity index (χ0) is 11.0. The van der Waals surface area contributed by atoms with E-state index in [2.05, 4.69) is 67.6 Å². The molecule has 3 aromatic carbocycles. The smallest absolute Gasteiger partial charge is 0 e. The van der Waals surface area contributed by atoms with Crippen molar-refractivity contribution in [2.45, 2.75) is 6.92 Å². The van der Waals surface area contributed by atoms with Crippen LogP contribution in [-0.2, 0) is 25.8 Å². The number of hydrogen-bond donors (Lipinski definition) is 0. The summed E-state index contributed by atoms with van der Waals surface area (Å²) in [6, 6.07) is 21.5. The van der Waals surface area contributed by atoms with Gasteiger partial charge < -0.3 is 14.9 Å². The summed E-state index contributed by atoms with van der Waals surface area (Å²) in [5, 5.41) is 2.66. The molecule has 0 nitrogen and oxygen atoms in total. The molecule has 0 aromatic heterocycles. The van der Waals surface area contributed by atoms with Gasteiger partial charge in [-0.25, -0.2) is 0 Å². The molecule has 0 saturated carbocycles. The summed E-state index contributed by atoms with van der Waals surface area (Å²) in [7, 11) is 0. The van der Waals surface area contributed by atoms with E-state index >= 15 is 0 Å². The van der Waals surface area contributed by atoms with Gasteiger partial charge in [0.1, 0.15) is 0 Å². The second-order valence-electron chi connectivity index (χ2n) is 4.15. The minimum Gasteiger partial charge on any atom is -0.358 e. The summed E-state index contributed by atoms with van der Waals surface area (Å²) < 4.78 is 0. The van der Waals surface area contributed by atoms with Gasteiger partial charge in [-0.2, -0.15) is 12.1 Å². The maximum absolute atomic E-state index is 2.20. The van der Waals surface area contributed by atoms with E-state index in [1.807, 2.05) is 0 Å². The third-order valence-electron chi connectivity index (χ3n) is 3.11. The monoisotopic (exact) mass is 415 g/mol. The zero-order valence-corrected chi connectivity index (χ0v) is 15.4. The van der Waals surface area contributed by atoms with Crippen molar-refractivity contribution in [1.82, 2.24) is 0 Å². The average Bonchev–Trinajstić information content (AvgIpc) is 2.77. The molecule has 98 valence electrons. The van der Waals surface area contributed by atoms with Crippen LogP contribution in [0.25, 0.3) is 21.9 Å². The van der Waals surface area contributed by atoms with Crippen LogP contribution >= 0.6 is 0 Å². The summed E-state index contributed by atoms with van der Waals surface area (Å²) in [5.41, 5.74) is 4.00. The number of benzene rings is 2. The quantitative estimate of drug-likeness (QED) is 0.368. The standard InChI is InChI=1S/C16H13.2CH3.Hf/c1-12-6-2-3-9-14(12)16-11-5-8-13-7-4-10-15(13)16;;;/h2-11H,1H3;2*1H3;/q3*-1;. The molecule has 0 spiro atoms. The summed E-state index contributed by atoms with van der Waals surface area (Å²) in [6.45, 7) is 2.16. The van der Waals surface area contributed by atoms with Gasteiger partial charge in [-0.05, 0) is 18.1 Å². The minimum atomic E-state index is 0. The van der Waals surface area contributed by atoms with E-state index < -0.39 is 0 Å². The second-order valence-corrected chi connectivity index (χ2v) is 4.15. The van der Waals surface area contributed by atoms with E-state index in [1.165, 1.54) is 27.5 Å². The molecule has 3 aromatic rings. The first-order chi connectivity index (χ1) is 7.86. The van der Waals surface area contributed by atoms with E-state index in [4.69, 9.17) is 0 Å². The summed E-state index contributed by atoms with van der Waals surface area (Å²) in [5.74, 6) is 0. The molecule has 0 radical (unpaired) electrons. The molecule has 0 aliphatic rings. The molecule has 3 rings (SSSR count). The molecule has 0 saturated heterocycles. The Morgan fingerprint density at radius 3 is 2.21 bits per heavy atom. The summed E-state index contributed by atoms with van der Waals surface area (Å²) in [6.07, 6.45) is 0. The van der Waals surface area contributed by atoms with Gasteiger partial charge in [0, 0.05) is 25.8 Å². The van der Waals surface area contributed by atoms with Crippen molar-refractivity contribution in [2.75, 3.05) is 0 Å². The Morgan fingerprint density at radius 1 is 0.789 bits per heavy atom. The molecular formula is C18H19Hf-3. The van der Waals surface area contributed by atoms with Gasteiger partial charge in [0.2, 0.25) is 0 Å². The predicted molar refractivity (Wildman–Crippen MR) is 82.5 cm³/mol. The van der Waals surface area contributed by atoms with E-state index in [-0.39, 0.29) is 40.7 Å². The Labute approximate surface area is 135 Å². The molecule has 0 heterocycles. The molecule has 1 heteroatoms. The molecule has 0 aliphatic heterocycles. The Kier molecular flexibility index (Phi) is 7.07. The third-order valence-corrected chi connectivity index (χ3v) is 3.11. The molecule has 19 heavy (non-hydrogen) atoms. The SMILES string of the molecule is Cc1ccccc1-c1cccc2[cH-]ccc12.[CH3-].[CH3-].[Hf]. The van der Waals surface area contributed by atoms with Gasteiger partial charge in [-0.1, -0.05) is 35.9 Å². The van der Waals surface area contributed by atoms with Crippen LogP contribution in [0.2, 0.25) is 0 Å². The first-order valence-corrected chi connectivity index (χ1v) is 5.57. The van der Waals surface area contributed by atoms with Gasteiger partial charge in [0.15, 0.2) is 0 Å². The van der Waals surface area contributed by atoms with Crippen LogP contribution in [0.3, 0.4) is 0 Å². The normalized spacial score (nSPS) is 9.11. The van der Waals surface area contributed by atoms with E-state index in [0.717, 1.165) is 0 Å². The molecule has 0 atom stereocenters. The topological polar surface area (TPSA) is 0 Å². The third kappa shape index (κ3) is 3.27. The fourth-order valence-electron chi connectivity index (χ4n) is 2.27. The minimum absolute atomic E-state index is 0. The van der Waals surface area contributed by atoms with Crippen molar-refractivity contribution in [3.63, 3.8) is 0 Å². The van der Waals surface area contributed by atoms with Crippen molar-refractivity contribution in [3.8, 4) is 11.1 Å². The fourth-order valence-corrected chi connectivity index (χ4v) is 2.27. The molecule has 0 N–H and O–H groups in total. The first kappa shape index (κ1) is 17.9. The molecule has 0 aliphatic carbocycles. The zero-order valence-electron chi connectivity index (χ0n) is 11.8. The first-order valence-electron chi connectivity index (χ1n) is 5.57. The number of aryl methyl sites for hydroxylation is 1. The van der Waals surface area contributed by atoms with E-state index in [1.54, 1.807) is 0 Å². The van der Waals surface area contributed by atoms with Gasteiger partial charge in [-0.15, -0.1) is 29.0 Å². The van der Waals surface area contributed by atoms with Crippen LogP contribution in [-0.4, -0.2) is 0 Å². The second kappa shape index (κ2) is 7.49. The fraction of sp³-hybridized carbons (Fsp3) is 0.0556. The number of hydrogen-bond acceptors (Lipinski definition) is 0. The summed E-state index contributed by atoms with van der Waals surface area (Å²) in [4.78, 5) is 0. The van der Waals surface area contributed by atoms with Gasteiger partial charge in [0.25, 0.3) is 0 Å². The summed E-state index contributed by atoms with van der Waals surface area (Å²) >= 11 is 0. The number of rotatable bonds is 1. The Bertz CT molecular complexity index is 635. The van der Waals surface area contributed by atoms with Crippen LogP contribution in [0.15, 0.2) is 60.7 Å². The van der Waals surface area contributed by atoms with Crippen LogP contribution in [0.1, 0.15) is 5.56 Å². The number of fused-ring (bicyclic) bond motifs is 1. The van der Waals surface area contributed by atoms with Gasteiger partial charge >= 0.3 is 0 Å². The largest absolute Gasteiger partial charge is 0.358 e. The maximum Gasteiger partial charge on any atom is 0 e. The van der Waals surface area contributed by atoms with E-state index in [0.29, 0.717) is 0 Å². The van der Waals surface area contributed by atoms with Crippen LogP contribution in [0.4, 0.5) is 0 Å². The predicted octanol–water partition coefficient (Wildman–Crippen LogP) is 5.43. The molecule has 0 fully saturated rings.